The second-order valence-electron chi connectivity index (χ2n) is 3.59. The Hall–Kier alpha value is -1.71. The van der Waals surface area contributed by atoms with Crippen LogP contribution in [0.2, 0.25) is 0 Å². The van der Waals surface area contributed by atoms with E-state index in [0.29, 0.717) is 5.56 Å². The first-order valence-electron chi connectivity index (χ1n) is 4.79. The Morgan fingerprint density at radius 2 is 1.69 bits per heavy atom. The van der Waals surface area contributed by atoms with Gasteiger partial charge in [0, 0.05) is 18.1 Å². The number of rotatable bonds is 1. The van der Waals surface area contributed by atoms with Crippen LogP contribution in [0.25, 0.3) is 5.69 Å². The van der Waals surface area contributed by atoms with Gasteiger partial charge in [0.25, 0.3) is 0 Å². The van der Waals surface area contributed by atoms with Gasteiger partial charge in [0.05, 0.1) is 5.56 Å². The summed E-state index contributed by atoms with van der Waals surface area (Å²) in [6, 6.07) is 7.41. The highest BCUT2D eigenvalue weighted by molar-refractivity contribution is 5.43. The van der Waals surface area contributed by atoms with Gasteiger partial charge < -0.3 is 4.57 Å². The molecule has 2 aromatic rings. The summed E-state index contributed by atoms with van der Waals surface area (Å²) in [6.07, 6.45) is -0.675. The maximum absolute atomic E-state index is 12.4. The summed E-state index contributed by atoms with van der Waals surface area (Å²) in [5.74, 6) is 0. The van der Waals surface area contributed by atoms with Crippen molar-refractivity contribution in [2.45, 2.75) is 13.1 Å². The molecule has 0 spiro atoms. The molecule has 1 aromatic heterocycles. The van der Waals surface area contributed by atoms with E-state index in [2.05, 4.69) is 0 Å². The first-order valence-corrected chi connectivity index (χ1v) is 4.79. The zero-order chi connectivity index (χ0) is 11.8. The van der Waals surface area contributed by atoms with E-state index in [0.717, 1.165) is 17.8 Å². The molecule has 2 rings (SSSR count). The van der Waals surface area contributed by atoms with Gasteiger partial charge in [0.15, 0.2) is 0 Å². The van der Waals surface area contributed by atoms with Crippen molar-refractivity contribution < 1.29 is 13.2 Å². The molecule has 0 N–H and O–H groups in total. The lowest BCUT2D eigenvalue weighted by molar-refractivity contribution is -0.137. The molecule has 1 heterocycles. The van der Waals surface area contributed by atoms with E-state index in [1.807, 2.05) is 12.1 Å². The van der Waals surface area contributed by atoms with E-state index in [1.165, 1.54) is 6.07 Å². The Bertz CT molecular complexity index is 483. The van der Waals surface area contributed by atoms with E-state index < -0.39 is 11.7 Å². The predicted octanol–water partition coefficient (Wildman–Crippen LogP) is 3.80. The Morgan fingerprint density at radius 3 is 2.19 bits per heavy atom. The zero-order valence-corrected chi connectivity index (χ0v) is 8.62. The van der Waals surface area contributed by atoms with Crippen LogP contribution >= 0.6 is 0 Å². The lowest BCUT2D eigenvalue weighted by Crippen LogP contribution is -2.06. The number of aromatic nitrogens is 1. The topological polar surface area (TPSA) is 4.93 Å². The first kappa shape index (κ1) is 10.8. The SMILES string of the molecule is Cc1cc(C(F)(F)F)ccc1-n1cccc1. The third-order valence-corrected chi connectivity index (χ3v) is 2.41. The minimum atomic E-state index is -4.28. The summed E-state index contributed by atoms with van der Waals surface area (Å²) in [5.41, 5.74) is 0.755. The van der Waals surface area contributed by atoms with E-state index in [9.17, 15) is 13.2 Å². The molecule has 16 heavy (non-hydrogen) atoms. The Kier molecular flexibility index (Phi) is 2.50. The highest BCUT2D eigenvalue weighted by Crippen LogP contribution is 2.31. The largest absolute Gasteiger partial charge is 0.416 e. The standard InChI is InChI=1S/C12H10F3N/c1-9-8-10(12(13,14)15)4-5-11(9)16-6-2-3-7-16/h2-8H,1H3. The van der Waals surface area contributed by atoms with E-state index >= 15 is 0 Å². The summed E-state index contributed by atoms with van der Waals surface area (Å²) >= 11 is 0. The highest BCUT2D eigenvalue weighted by Gasteiger charge is 2.30. The maximum Gasteiger partial charge on any atom is 0.416 e. The van der Waals surface area contributed by atoms with Gasteiger partial charge in [-0.2, -0.15) is 13.2 Å². The number of aryl methyl sites for hydroxylation is 1. The average molecular weight is 225 g/mol. The molecule has 0 bridgehead atoms. The van der Waals surface area contributed by atoms with Gasteiger partial charge in [-0.3, -0.25) is 0 Å². The molecule has 0 aliphatic rings. The number of nitrogens with zero attached hydrogens (tertiary/aromatic N) is 1. The Labute approximate surface area is 91.1 Å². The lowest BCUT2D eigenvalue weighted by atomic mass is 10.1. The fourth-order valence-electron chi connectivity index (χ4n) is 1.62. The smallest absolute Gasteiger partial charge is 0.324 e. The minimum Gasteiger partial charge on any atom is -0.324 e. The molecule has 0 unspecified atom stereocenters. The molecular weight excluding hydrogens is 215 g/mol. The van der Waals surface area contributed by atoms with Crippen LogP contribution in [-0.4, -0.2) is 4.57 Å². The van der Waals surface area contributed by atoms with Crippen molar-refractivity contribution in [3.8, 4) is 5.69 Å². The molecule has 0 saturated heterocycles. The van der Waals surface area contributed by atoms with Gasteiger partial charge in [0.2, 0.25) is 0 Å². The molecule has 0 aliphatic carbocycles. The molecule has 1 aromatic carbocycles. The molecule has 0 saturated carbocycles. The maximum atomic E-state index is 12.4. The molecule has 0 amide bonds. The van der Waals surface area contributed by atoms with Gasteiger partial charge in [0.1, 0.15) is 0 Å². The quantitative estimate of drug-likeness (QED) is 0.695. The molecule has 0 atom stereocenters. The summed E-state index contributed by atoms with van der Waals surface area (Å²) in [4.78, 5) is 0. The monoisotopic (exact) mass is 225 g/mol. The molecule has 1 nitrogen and oxygen atoms in total. The number of alkyl halides is 3. The number of hydrogen-bond acceptors (Lipinski definition) is 0. The van der Waals surface area contributed by atoms with Crippen LogP contribution in [0.5, 0.6) is 0 Å². The van der Waals surface area contributed by atoms with E-state index in [1.54, 1.807) is 23.9 Å². The van der Waals surface area contributed by atoms with Crippen molar-refractivity contribution in [2.75, 3.05) is 0 Å². The van der Waals surface area contributed by atoms with Crippen molar-refractivity contribution in [1.29, 1.82) is 0 Å². The van der Waals surface area contributed by atoms with Gasteiger partial charge in [-0.1, -0.05) is 0 Å². The predicted molar refractivity (Wildman–Crippen MR) is 55.5 cm³/mol. The zero-order valence-electron chi connectivity index (χ0n) is 8.62. The van der Waals surface area contributed by atoms with Crippen LogP contribution in [-0.2, 0) is 6.18 Å². The Morgan fingerprint density at radius 1 is 1.06 bits per heavy atom. The van der Waals surface area contributed by atoms with E-state index in [-0.39, 0.29) is 0 Å². The van der Waals surface area contributed by atoms with Crippen LogP contribution in [0.4, 0.5) is 13.2 Å². The average Bonchev–Trinajstić information content (AvgIpc) is 2.69. The number of halogens is 3. The summed E-state index contributed by atoms with van der Waals surface area (Å²) in [5, 5.41) is 0. The fraction of sp³-hybridized carbons (Fsp3) is 0.167. The number of hydrogen-bond donors (Lipinski definition) is 0. The third-order valence-electron chi connectivity index (χ3n) is 2.41. The third kappa shape index (κ3) is 1.96. The van der Waals surface area contributed by atoms with Crippen LogP contribution in [0.3, 0.4) is 0 Å². The minimum absolute atomic E-state index is 0.603. The van der Waals surface area contributed by atoms with Crippen LogP contribution in [0.1, 0.15) is 11.1 Å². The lowest BCUT2D eigenvalue weighted by Gasteiger charge is -2.11. The molecule has 0 radical (unpaired) electrons. The van der Waals surface area contributed by atoms with Gasteiger partial charge in [-0.25, -0.2) is 0 Å². The molecule has 0 fully saturated rings. The number of benzene rings is 1. The van der Waals surface area contributed by atoms with Gasteiger partial charge in [-0.05, 0) is 42.8 Å². The normalized spacial score (nSPS) is 11.8. The first-order chi connectivity index (χ1) is 7.48. The summed E-state index contributed by atoms with van der Waals surface area (Å²) in [7, 11) is 0. The van der Waals surface area contributed by atoms with Gasteiger partial charge >= 0.3 is 6.18 Å². The second kappa shape index (κ2) is 3.70. The van der Waals surface area contributed by atoms with Crippen molar-refractivity contribution >= 4 is 0 Å². The molecular formula is C12H10F3N. The Balaban J connectivity index is 2.46. The van der Waals surface area contributed by atoms with E-state index in [4.69, 9.17) is 0 Å². The summed E-state index contributed by atoms with van der Waals surface area (Å²) in [6.45, 7) is 1.67. The van der Waals surface area contributed by atoms with Crippen LogP contribution < -0.4 is 0 Å². The van der Waals surface area contributed by atoms with Crippen molar-refractivity contribution in [3.63, 3.8) is 0 Å². The molecule has 4 heteroatoms. The molecule has 84 valence electrons. The van der Waals surface area contributed by atoms with Crippen molar-refractivity contribution in [2.24, 2.45) is 0 Å². The van der Waals surface area contributed by atoms with Crippen molar-refractivity contribution in [1.82, 2.24) is 4.57 Å². The van der Waals surface area contributed by atoms with Crippen LogP contribution in [0, 0.1) is 6.92 Å². The fourth-order valence-corrected chi connectivity index (χ4v) is 1.62. The highest BCUT2D eigenvalue weighted by atomic mass is 19.4. The second-order valence-corrected chi connectivity index (χ2v) is 3.59. The van der Waals surface area contributed by atoms with Gasteiger partial charge in [-0.15, -0.1) is 0 Å². The summed E-state index contributed by atoms with van der Waals surface area (Å²) < 4.78 is 39.1. The van der Waals surface area contributed by atoms with Crippen molar-refractivity contribution in [3.05, 3.63) is 53.9 Å². The molecule has 0 aliphatic heterocycles. The van der Waals surface area contributed by atoms with Crippen LogP contribution in [0.15, 0.2) is 42.7 Å².